The maximum Gasteiger partial charge on any atom is 0.355 e. The molecule has 0 aliphatic carbocycles. The number of hydrogen-bond donors (Lipinski definition) is 1. The number of ether oxygens (including phenoxy) is 2. The number of carbonyl (C=O) groups is 2. The molecule has 1 aromatic heterocycles. The van der Waals surface area contributed by atoms with Gasteiger partial charge in [-0.2, -0.15) is 10.4 Å². The minimum Gasteiger partial charge on any atom is -0.466 e. The molecule has 2 heterocycles. The largest absolute Gasteiger partial charge is 0.466 e. The molecule has 3 aromatic rings. The van der Waals surface area contributed by atoms with E-state index >= 15 is 4.39 Å². The number of aromatic nitrogens is 3. The highest BCUT2D eigenvalue weighted by Gasteiger charge is 2.43. The molecule has 2 aromatic carbocycles. The van der Waals surface area contributed by atoms with E-state index in [1.165, 1.54) is 29.5 Å². The minimum atomic E-state index is -1.02. The van der Waals surface area contributed by atoms with Gasteiger partial charge in [-0.05, 0) is 17.7 Å². The van der Waals surface area contributed by atoms with Crippen molar-refractivity contribution in [1.82, 2.24) is 14.8 Å². The summed E-state index contributed by atoms with van der Waals surface area (Å²) in [6, 6.07) is 14.6. The number of nitrogens with two attached hydrogens (primary N) is 1. The molecule has 0 radical (unpaired) electrons. The van der Waals surface area contributed by atoms with Crippen molar-refractivity contribution in [2.45, 2.75) is 5.92 Å². The number of hydrogen-bond acceptors (Lipinski definition) is 9. The van der Waals surface area contributed by atoms with Crippen molar-refractivity contribution in [3.8, 4) is 11.8 Å². The van der Waals surface area contributed by atoms with Gasteiger partial charge in [0, 0.05) is 6.07 Å². The Kier molecular flexibility index (Phi) is 6.28. The lowest BCUT2D eigenvalue weighted by Gasteiger charge is -2.36. The Morgan fingerprint density at radius 2 is 1.83 bits per heavy atom. The summed E-state index contributed by atoms with van der Waals surface area (Å²) in [6.45, 7) is 0. The number of anilines is 1. The Morgan fingerprint density at radius 3 is 2.40 bits per heavy atom. The number of nitriles is 1. The van der Waals surface area contributed by atoms with Gasteiger partial charge in [-0.3, -0.25) is 4.90 Å². The molecule has 1 unspecified atom stereocenters. The second kappa shape index (κ2) is 9.48. The van der Waals surface area contributed by atoms with Crippen LogP contribution in [0.2, 0.25) is 0 Å². The SMILES string of the molecule is COC(=O)C1=C(C(=O)OC)N(c2ccc(-n3cncn3)c(F)c2)C(N)=C(C#N)C1c1ccccc1. The lowest BCUT2D eigenvalue weighted by Crippen LogP contribution is -2.40. The summed E-state index contributed by atoms with van der Waals surface area (Å²) in [5, 5.41) is 13.9. The maximum absolute atomic E-state index is 15.1. The van der Waals surface area contributed by atoms with E-state index in [0.717, 1.165) is 25.2 Å². The molecule has 0 bridgehead atoms. The number of allylic oxidation sites excluding steroid dienone is 1. The third kappa shape index (κ3) is 3.97. The Hall–Kier alpha value is -4.98. The van der Waals surface area contributed by atoms with Gasteiger partial charge in [-0.15, -0.1) is 0 Å². The van der Waals surface area contributed by atoms with Crippen LogP contribution in [-0.2, 0) is 19.1 Å². The van der Waals surface area contributed by atoms with Gasteiger partial charge in [-0.1, -0.05) is 30.3 Å². The summed E-state index contributed by atoms with van der Waals surface area (Å²) in [7, 11) is 2.28. The Bertz CT molecular complexity index is 1390. The quantitative estimate of drug-likeness (QED) is 0.552. The van der Waals surface area contributed by atoms with Gasteiger partial charge in [0.1, 0.15) is 29.9 Å². The summed E-state index contributed by atoms with van der Waals surface area (Å²) in [5.74, 6) is -3.69. The number of rotatable bonds is 5. The smallest absolute Gasteiger partial charge is 0.355 e. The number of nitrogens with zero attached hydrogens (tertiary/aromatic N) is 5. The van der Waals surface area contributed by atoms with Crippen molar-refractivity contribution in [3.63, 3.8) is 0 Å². The van der Waals surface area contributed by atoms with Crippen LogP contribution in [0.25, 0.3) is 5.69 Å². The van der Waals surface area contributed by atoms with Crippen molar-refractivity contribution in [2.75, 3.05) is 19.1 Å². The van der Waals surface area contributed by atoms with Crippen LogP contribution in [0, 0.1) is 17.1 Å². The molecule has 0 saturated carbocycles. The fourth-order valence-corrected chi connectivity index (χ4v) is 3.93. The zero-order valence-electron chi connectivity index (χ0n) is 18.7. The second-order valence-corrected chi connectivity index (χ2v) is 7.31. The molecule has 35 heavy (non-hydrogen) atoms. The lowest BCUT2D eigenvalue weighted by molar-refractivity contribution is -0.139. The van der Waals surface area contributed by atoms with Gasteiger partial charge in [0.2, 0.25) is 0 Å². The summed E-state index contributed by atoms with van der Waals surface area (Å²) in [6.07, 6.45) is 2.57. The summed E-state index contributed by atoms with van der Waals surface area (Å²) in [4.78, 5) is 31.0. The Labute approximate surface area is 199 Å². The number of carbonyl (C=O) groups excluding carboxylic acids is 2. The maximum atomic E-state index is 15.1. The molecule has 0 amide bonds. The van der Waals surface area contributed by atoms with Gasteiger partial charge >= 0.3 is 11.9 Å². The van der Waals surface area contributed by atoms with Crippen molar-refractivity contribution >= 4 is 17.6 Å². The van der Waals surface area contributed by atoms with E-state index in [-0.39, 0.29) is 34.0 Å². The summed E-state index contributed by atoms with van der Waals surface area (Å²) in [5.41, 5.74) is 6.61. The van der Waals surface area contributed by atoms with Gasteiger partial charge in [-0.25, -0.2) is 23.6 Å². The van der Waals surface area contributed by atoms with Crippen molar-refractivity contribution in [2.24, 2.45) is 5.73 Å². The molecule has 1 aliphatic rings. The fraction of sp³-hybridized carbons (Fsp3) is 0.125. The lowest BCUT2D eigenvalue weighted by atomic mass is 9.81. The van der Waals surface area contributed by atoms with E-state index in [2.05, 4.69) is 10.1 Å². The molecule has 0 saturated heterocycles. The number of benzene rings is 2. The highest BCUT2D eigenvalue weighted by atomic mass is 19.1. The van der Waals surface area contributed by atoms with Crippen LogP contribution in [-0.4, -0.2) is 40.9 Å². The highest BCUT2D eigenvalue weighted by molar-refractivity contribution is 6.06. The second-order valence-electron chi connectivity index (χ2n) is 7.31. The molecule has 10 nitrogen and oxygen atoms in total. The van der Waals surface area contributed by atoms with Gasteiger partial charge in [0.15, 0.2) is 5.82 Å². The first-order valence-electron chi connectivity index (χ1n) is 10.2. The molecule has 1 aliphatic heterocycles. The zero-order valence-corrected chi connectivity index (χ0v) is 18.7. The highest BCUT2D eigenvalue weighted by Crippen LogP contribution is 2.43. The fourth-order valence-electron chi connectivity index (χ4n) is 3.93. The van der Waals surface area contributed by atoms with E-state index in [0.29, 0.717) is 5.56 Å². The van der Waals surface area contributed by atoms with Crippen LogP contribution < -0.4 is 10.6 Å². The third-order valence-corrected chi connectivity index (χ3v) is 5.47. The first-order chi connectivity index (χ1) is 16.9. The van der Waals surface area contributed by atoms with Crippen molar-refractivity contribution in [3.05, 3.63) is 95.2 Å². The average molecular weight is 474 g/mol. The van der Waals surface area contributed by atoms with E-state index in [1.807, 2.05) is 6.07 Å². The molecule has 0 spiro atoms. The molecular formula is C24H19FN6O4. The van der Waals surface area contributed by atoms with Crippen LogP contribution in [0.1, 0.15) is 11.5 Å². The summed E-state index contributed by atoms with van der Waals surface area (Å²) >= 11 is 0. The first-order valence-corrected chi connectivity index (χ1v) is 10.2. The first kappa shape index (κ1) is 23.2. The van der Waals surface area contributed by atoms with E-state index in [1.54, 1.807) is 30.3 Å². The molecule has 11 heteroatoms. The van der Waals surface area contributed by atoms with Crippen molar-refractivity contribution < 1.29 is 23.5 Å². The average Bonchev–Trinajstić information content (AvgIpc) is 3.42. The van der Waals surface area contributed by atoms with E-state index < -0.39 is 23.7 Å². The summed E-state index contributed by atoms with van der Waals surface area (Å²) < 4.78 is 26.2. The van der Waals surface area contributed by atoms with Gasteiger partial charge in [0.25, 0.3) is 0 Å². The standard InChI is InChI=1S/C24H19FN6O4/c1-34-23(32)20-19(14-6-4-3-5-7-14)16(11-26)22(27)31(21(20)24(33)35-2)15-8-9-18(17(25)10-15)30-13-28-12-29-30/h3-10,12-13,19H,27H2,1-2H3. The molecule has 176 valence electrons. The molecule has 1 atom stereocenters. The predicted molar refractivity (Wildman–Crippen MR) is 121 cm³/mol. The molecule has 0 fully saturated rings. The zero-order chi connectivity index (χ0) is 25.1. The van der Waals surface area contributed by atoms with Crippen LogP contribution in [0.3, 0.4) is 0 Å². The molecular weight excluding hydrogens is 455 g/mol. The van der Waals surface area contributed by atoms with Crippen LogP contribution in [0.5, 0.6) is 0 Å². The predicted octanol–water partition coefficient (Wildman–Crippen LogP) is 2.30. The number of esters is 2. The normalized spacial score (nSPS) is 15.6. The molecule has 2 N–H and O–H groups in total. The number of methoxy groups -OCH3 is 2. The monoisotopic (exact) mass is 474 g/mol. The Balaban J connectivity index is 2.00. The molecule has 4 rings (SSSR count). The minimum absolute atomic E-state index is 0.0231. The topological polar surface area (TPSA) is 136 Å². The third-order valence-electron chi connectivity index (χ3n) is 5.47. The van der Waals surface area contributed by atoms with E-state index in [4.69, 9.17) is 15.2 Å². The van der Waals surface area contributed by atoms with Gasteiger partial charge in [0.05, 0.1) is 43.0 Å². The van der Waals surface area contributed by atoms with Crippen molar-refractivity contribution in [1.29, 1.82) is 5.26 Å². The Morgan fingerprint density at radius 1 is 1.11 bits per heavy atom. The van der Waals surface area contributed by atoms with Crippen LogP contribution >= 0.6 is 0 Å². The van der Waals surface area contributed by atoms with Gasteiger partial charge < -0.3 is 15.2 Å². The van der Waals surface area contributed by atoms with E-state index in [9.17, 15) is 14.9 Å². The van der Waals surface area contributed by atoms with Crippen LogP contribution in [0.4, 0.5) is 10.1 Å². The number of halogens is 1. The van der Waals surface area contributed by atoms with Crippen LogP contribution in [0.15, 0.2) is 83.8 Å².